The number of anilines is 2. The molecule has 1 saturated heterocycles. The minimum atomic E-state index is -0.900. The van der Waals surface area contributed by atoms with Gasteiger partial charge in [0.2, 0.25) is 0 Å². The molecule has 1 unspecified atom stereocenters. The molecule has 6 heteroatoms. The third kappa shape index (κ3) is 2.46. The zero-order chi connectivity index (χ0) is 11.5. The number of nitrogens with one attached hydrogen (secondary N) is 1. The van der Waals surface area contributed by atoms with Gasteiger partial charge in [-0.1, -0.05) is 0 Å². The molecule has 1 aliphatic heterocycles. The molecule has 1 aromatic heterocycles. The Morgan fingerprint density at radius 2 is 2.56 bits per heavy atom. The summed E-state index contributed by atoms with van der Waals surface area (Å²) in [6, 6.07) is 1.81. The van der Waals surface area contributed by atoms with Crippen molar-refractivity contribution in [2.45, 2.75) is 18.8 Å². The van der Waals surface area contributed by atoms with Crippen molar-refractivity contribution >= 4 is 22.0 Å². The third-order valence-corrected chi connectivity index (χ3v) is 3.56. The van der Waals surface area contributed by atoms with Gasteiger partial charge in [-0.3, -0.25) is 0 Å². The lowest BCUT2D eigenvalue weighted by Crippen LogP contribution is -2.33. The van der Waals surface area contributed by atoms with Gasteiger partial charge >= 0.3 is 0 Å². The van der Waals surface area contributed by atoms with E-state index in [-0.39, 0.29) is 6.10 Å². The molecule has 0 spiro atoms. The van der Waals surface area contributed by atoms with Gasteiger partial charge in [-0.2, -0.15) is 0 Å². The number of ether oxygens (including phenoxy) is 2. The van der Waals surface area contributed by atoms with E-state index in [1.165, 1.54) is 18.4 Å². The van der Waals surface area contributed by atoms with Gasteiger partial charge in [0.15, 0.2) is 6.29 Å². The Labute approximate surface area is 98.2 Å². The van der Waals surface area contributed by atoms with E-state index in [1.807, 2.05) is 6.07 Å². The maximum Gasteiger partial charge on any atom is 0.190 e. The fraction of sp³-hybridized carbons (Fsp3) is 0.600. The first-order valence-corrected chi connectivity index (χ1v) is 5.98. The number of aliphatic hydroxyl groups is 1. The van der Waals surface area contributed by atoms with E-state index in [2.05, 4.69) is 5.32 Å². The highest BCUT2D eigenvalue weighted by atomic mass is 32.1. The maximum atomic E-state index is 9.48. The predicted molar refractivity (Wildman–Crippen MR) is 63.5 cm³/mol. The summed E-state index contributed by atoms with van der Waals surface area (Å²) in [5, 5.41) is 13.3. The molecule has 0 amide bonds. The van der Waals surface area contributed by atoms with Crippen LogP contribution in [0.5, 0.6) is 0 Å². The Hall–Kier alpha value is -0.820. The number of nitrogens with two attached hydrogens (primary N) is 1. The minimum absolute atomic E-state index is 0.287. The van der Waals surface area contributed by atoms with Crippen molar-refractivity contribution in [3.8, 4) is 0 Å². The Kier molecular flexibility index (Phi) is 3.65. The normalized spacial score (nSPS) is 21.5. The van der Waals surface area contributed by atoms with Gasteiger partial charge in [0.1, 0.15) is 5.00 Å². The van der Waals surface area contributed by atoms with E-state index in [1.54, 1.807) is 0 Å². The lowest BCUT2D eigenvalue weighted by molar-refractivity contribution is -0.0743. The molecule has 1 fully saturated rings. The summed E-state index contributed by atoms with van der Waals surface area (Å²) >= 11 is 1.32. The summed E-state index contributed by atoms with van der Waals surface area (Å²) in [5.74, 6) is 0. The van der Waals surface area contributed by atoms with Crippen molar-refractivity contribution < 1.29 is 14.6 Å². The topological polar surface area (TPSA) is 76.7 Å². The van der Waals surface area contributed by atoms with Crippen LogP contribution < -0.4 is 11.1 Å². The Morgan fingerprint density at radius 3 is 3.12 bits per heavy atom. The van der Waals surface area contributed by atoms with Crippen molar-refractivity contribution in [2.75, 3.05) is 31.3 Å². The first-order valence-electron chi connectivity index (χ1n) is 5.16. The van der Waals surface area contributed by atoms with Crippen molar-refractivity contribution in [1.29, 1.82) is 0 Å². The standard InChI is InChI=1S/C10H16N2O3S/c1-14-10(13)8-4-7(9(11)16-8)12-5-6-2-3-15-6/h4,6,10,12-13H,2-3,5,11H2,1H3/t6-,10?/m0/s1. The monoisotopic (exact) mass is 244 g/mol. The molecule has 0 saturated carbocycles. The van der Waals surface area contributed by atoms with Gasteiger partial charge in [0.05, 0.1) is 16.7 Å². The molecule has 0 radical (unpaired) electrons. The van der Waals surface area contributed by atoms with Crippen LogP contribution in [-0.4, -0.2) is 31.5 Å². The van der Waals surface area contributed by atoms with E-state index >= 15 is 0 Å². The second-order valence-electron chi connectivity index (χ2n) is 3.68. The summed E-state index contributed by atoms with van der Waals surface area (Å²) in [6.45, 7) is 1.60. The molecule has 2 rings (SSSR count). The predicted octanol–water partition coefficient (Wildman–Crippen LogP) is 1.17. The van der Waals surface area contributed by atoms with E-state index in [9.17, 15) is 5.11 Å². The van der Waals surface area contributed by atoms with Gasteiger partial charge in [0.25, 0.3) is 0 Å². The fourth-order valence-corrected chi connectivity index (χ4v) is 2.34. The van der Waals surface area contributed by atoms with Crippen LogP contribution >= 0.6 is 11.3 Å². The van der Waals surface area contributed by atoms with Crippen LogP contribution in [0.1, 0.15) is 17.6 Å². The van der Waals surface area contributed by atoms with Crippen LogP contribution in [0.3, 0.4) is 0 Å². The first-order chi connectivity index (χ1) is 7.70. The highest BCUT2D eigenvalue weighted by Crippen LogP contribution is 2.34. The summed E-state index contributed by atoms with van der Waals surface area (Å²) in [5.41, 5.74) is 6.67. The number of methoxy groups -OCH3 is 1. The van der Waals surface area contributed by atoms with Crippen LogP contribution in [0.25, 0.3) is 0 Å². The Balaban J connectivity index is 1.94. The van der Waals surface area contributed by atoms with Gasteiger partial charge in [0, 0.05) is 20.3 Å². The third-order valence-electron chi connectivity index (χ3n) is 2.56. The van der Waals surface area contributed by atoms with Crippen LogP contribution in [-0.2, 0) is 9.47 Å². The first kappa shape index (κ1) is 11.7. The van der Waals surface area contributed by atoms with Crippen LogP contribution in [0.15, 0.2) is 6.07 Å². The number of hydrogen-bond acceptors (Lipinski definition) is 6. The molecular weight excluding hydrogens is 228 g/mol. The van der Waals surface area contributed by atoms with E-state index in [0.717, 1.165) is 25.3 Å². The molecule has 1 aromatic rings. The largest absolute Gasteiger partial charge is 0.389 e. The van der Waals surface area contributed by atoms with Crippen molar-refractivity contribution in [1.82, 2.24) is 0 Å². The van der Waals surface area contributed by atoms with E-state index in [0.29, 0.717) is 9.88 Å². The molecule has 1 aliphatic rings. The van der Waals surface area contributed by atoms with Crippen LogP contribution in [0.4, 0.5) is 10.7 Å². The molecule has 0 aliphatic carbocycles. The van der Waals surface area contributed by atoms with Crippen molar-refractivity contribution in [2.24, 2.45) is 0 Å². The molecule has 0 bridgehead atoms. The zero-order valence-corrected chi connectivity index (χ0v) is 9.92. The number of hydrogen-bond donors (Lipinski definition) is 3. The van der Waals surface area contributed by atoms with Gasteiger partial charge in [-0.05, 0) is 12.5 Å². The lowest BCUT2D eigenvalue weighted by Gasteiger charge is -2.26. The van der Waals surface area contributed by atoms with E-state index in [4.69, 9.17) is 15.2 Å². The second-order valence-corrected chi connectivity index (χ2v) is 4.79. The molecule has 2 atom stereocenters. The van der Waals surface area contributed by atoms with Crippen molar-refractivity contribution in [3.63, 3.8) is 0 Å². The fourth-order valence-electron chi connectivity index (χ4n) is 1.47. The van der Waals surface area contributed by atoms with Crippen LogP contribution in [0.2, 0.25) is 0 Å². The molecule has 4 N–H and O–H groups in total. The van der Waals surface area contributed by atoms with Gasteiger partial charge < -0.3 is 25.6 Å². The molecule has 2 heterocycles. The Morgan fingerprint density at radius 1 is 1.81 bits per heavy atom. The molecule has 90 valence electrons. The van der Waals surface area contributed by atoms with Crippen LogP contribution in [0, 0.1) is 0 Å². The highest BCUT2D eigenvalue weighted by molar-refractivity contribution is 7.16. The minimum Gasteiger partial charge on any atom is -0.389 e. The summed E-state index contributed by atoms with van der Waals surface area (Å²) in [7, 11) is 1.45. The quantitative estimate of drug-likeness (QED) is 0.678. The maximum absolute atomic E-state index is 9.48. The molecule has 16 heavy (non-hydrogen) atoms. The summed E-state index contributed by atoms with van der Waals surface area (Å²) in [6.07, 6.45) is 0.475. The van der Waals surface area contributed by atoms with Gasteiger partial charge in [-0.25, -0.2) is 0 Å². The van der Waals surface area contributed by atoms with E-state index < -0.39 is 6.29 Å². The SMILES string of the molecule is COC(O)c1cc(NC[C@@H]2CCO2)c(N)s1. The molecule has 0 aromatic carbocycles. The van der Waals surface area contributed by atoms with Crippen molar-refractivity contribution in [3.05, 3.63) is 10.9 Å². The average Bonchev–Trinajstić information content (AvgIpc) is 2.57. The number of aliphatic hydroxyl groups excluding tert-OH is 1. The highest BCUT2D eigenvalue weighted by Gasteiger charge is 2.19. The smallest absolute Gasteiger partial charge is 0.190 e. The Bertz CT molecular complexity index is 352. The average molecular weight is 244 g/mol. The summed E-state index contributed by atoms with van der Waals surface area (Å²) < 4.78 is 10.1. The second kappa shape index (κ2) is 5.01. The van der Waals surface area contributed by atoms with Gasteiger partial charge in [-0.15, -0.1) is 11.3 Å². The summed E-state index contributed by atoms with van der Waals surface area (Å²) in [4.78, 5) is 0.706. The number of nitrogen functional groups attached to an aromatic ring is 1. The lowest BCUT2D eigenvalue weighted by atomic mass is 10.2. The number of thiophene rings is 1. The number of rotatable bonds is 5. The molecule has 5 nitrogen and oxygen atoms in total. The molecular formula is C10H16N2O3S. The zero-order valence-electron chi connectivity index (χ0n) is 9.10.